The van der Waals surface area contributed by atoms with E-state index in [-0.39, 0.29) is 6.61 Å². The lowest BCUT2D eigenvalue weighted by Crippen LogP contribution is -2.46. The molecule has 3 rings (SSSR count). The second kappa shape index (κ2) is 5.91. The average Bonchev–Trinajstić information content (AvgIpc) is 2.85. The lowest BCUT2D eigenvalue weighted by Gasteiger charge is -2.33. The normalized spacial score (nSPS) is 17.9. The number of rotatable bonds is 4. The lowest BCUT2D eigenvalue weighted by molar-refractivity contribution is 0.108. The Morgan fingerprint density at radius 2 is 1.95 bits per heavy atom. The smallest absolute Gasteiger partial charge is 0.139 e. The largest absolute Gasteiger partial charge is 0.395 e. The van der Waals surface area contributed by atoms with Crippen molar-refractivity contribution in [3.05, 3.63) is 35.8 Å². The van der Waals surface area contributed by atoms with Crippen molar-refractivity contribution in [3.8, 4) is 0 Å². The van der Waals surface area contributed by atoms with Crippen LogP contribution in [0.2, 0.25) is 0 Å². The van der Waals surface area contributed by atoms with Crippen molar-refractivity contribution in [2.45, 2.75) is 13.5 Å². The number of aliphatic hydroxyl groups excluding tert-OH is 1. The van der Waals surface area contributed by atoms with Gasteiger partial charge in [-0.3, -0.25) is 9.80 Å². The van der Waals surface area contributed by atoms with Crippen LogP contribution in [0, 0.1) is 6.92 Å². The van der Waals surface area contributed by atoms with Crippen molar-refractivity contribution < 1.29 is 5.11 Å². The number of piperazine rings is 1. The van der Waals surface area contributed by atoms with E-state index < -0.39 is 0 Å². The summed E-state index contributed by atoms with van der Waals surface area (Å²) in [7, 11) is 0. The Hall–Kier alpha value is -1.43. The van der Waals surface area contributed by atoms with Crippen molar-refractivity contribution in [3.63, 3.8) is 0 Å². The van der Waals surface area contributed by atoms with Crippen LogP contribution in [0.3, 0.4) is 0 Å². The van der Waals surface area contributed by atoms with Crippen LogP contribution in [0.5, 0.6) is 0 Å². The minimum Gasteiger partial charge on any atom is -0.395 e. The van der Waals surface area contributed by atoms with Gasteiger partial charge in [-0.1, -0.05) is 6.07 Å². The first-order valence-electron chi connectivity index (χ1n) is 7.25. The van der Waals surface area contributed by atoms with Crippen LogP contribution in [0.25, 0.3) is 5.65 Å². The van der Waals surface area contributed by atoms with Gasteiger partial charge in [0.1, 0.15) is 5.65 Å². The number of imidazole rings is 1. The number of aromatic nitrogens is 2. The molecule has 0 saturated carbocycles. The minimum atomic E-state index is 0.256. The fourth-order valence-electron chi connectivity index (χ4n) is 2.82. The van der Waals surface area contributed by atoms with Gasteiger partial charge in [0, 0.05) is 51.7 Å². The molecule has 3 heterocycles. The summed E-state index contributed by atoms with van der Waals surface area (Å²) in [6.45, 7) is 8.22. The zero-order valence-corrected chi connectivity index (χ0v) is 12.0. The maximum Gasteiger partial charge on any atom is 0.139 e. The molecule has 20 heavy (non-hydrogen) atoms. The maximum absolute atomic E-state index is 8.96. The van der Waals surface area contributed by atoms with Gasteiger partial charge in [-0.2, -0.15) is 0 Å². The number of nitrogens with zero attached hydrogens (tertiary/aromatic N) is 4. The summed E-state index contributed by atoms with van der Waals surface area (Å²) < 4.78 is 2.10. The molecule has 0 aromatic carbocycles. The highest BCUT2D eigenvalue weighted by atomic mass is 16.3. The van der Waals surface area contributed by atoms with Crippen LogP contribution in [0.4, 0.5) is 0 Å². The molecule has 0 atom stereocenters. The summed E-state index contributed by atoms with van der Waals surface area (Å²) in [4.78, 5) is 9.47. The monoisotopic (exact) mass is 274 g/mol. The molecule has 0 bridgehead atoms. The zero-order chi connectivity index (χ0) is 13.9. The first kappa shape index (κ1) is 13.5. The Morgan fingerprint density at radius 1 is 1.20 bits per heavy atom. The van der Waals surface area contributed by atoms with Crippen LogP contribution >= 0.6 is 0 Å². The number of hydrogen-bond donors (Lipinski definition) is 1. The Balaban J connectivity index is 1.64. The molecule has 0 aliphatic carbocycles. The van der Waals surface area contributed by atoms with Crippen molar-refractivity contribution in [1.82, 2.24) is 19.2 Å². The van der Waals surface area contributed by atoms with Crippen LogP contribution in [-0.2, 0) is 6.54 Å². The molecule has 5 heteroatoms. The molecule has 0 amide bonds. The fourth-order valence-corrected chi connectivity index (χ4v) is 2.82. The summed E-state index contributed by atoms with van der Waals surface area (Å²) in [6.07, 6.45) is 4.18. The van der Waals surface area contributed by atoms with E-state index in [1.54, 1.807) is 0 Å². The second-order valence-electron chi connectivity index (χ2n) is 5.50. The quantitative estimate of drug-likeness (QED) is 0.894. The number of hydrogen-bond acceptors (Lipinski definition) is 4. The predicted octanol–water partition coefficient (Wildman–Crippen LogP) is 0.753. The first-order chi connectivity index (χ1) is 9.76. The van der Waals surface area contributed by atoms with Gasteiger partial charge in [0.15, 0.2) is 0 Å². The molecule has 1 aliphatic rings. The summed E-state index contributed by atoms with van der Waals surface area (Å²) in [5, 5.41) is 8.96. The van der Waals surface area contributed by atoms with Gasteiger partial charge < -0.3 is 9.51 Å². The number of fused-ring (bicyclic) bond motifs is 1. The van der Waals surface area contributed by atoms with Gasteiger partial charge in [-0.25, -0.2) is 4.98 Å². The third-order valence-electron chi connectivity index (χ3n) is 3.99. The molecule has 0 radical (unpaired) electrons. The predicted molar refractivity (Wildman–Crippen MR) is 78.7 cm³/mol. The Kier molecular flexibility index (Phi) is 4.00. The molecular formula is C15H22N4O. The second-order valence-corrected chi connectivity index (χ2v) is 5.50. The molecule has 1 saturated heterocycles. The highest BCUT2D eigenvalue weighted by Crippen LogP contribution is 2.12. The van der Waals surface area contributed by atoms with E-state index in [4.69, 9.17) is 10.1 Å². The van der Waals surface area contributed by atoms with Gasteiger partial charge in [0.05, 0.1) is 12.3 Å². The molecule has 0 unspecified atom stereocenters. The van der Waals surface area contributed by atoms with Gasteiger partial charge in [0.2, 0.25) is 0 Å². The molecule has 5 nitrogen and oxygen atoms in total. The highest BCUT2D eigenvalue weighted by Gasteiger charge is 2.17. The van der Waals surface area contributed by atoms with Gasteiger partial charge in [-0.15, -0.1) is 0 Å². The number of aryl methyl sites for hydroxylation is 1. The zero-order valence-electron chi connectivity index (χ0n) is 12.0. The summed E-state index contributed by atoms with van der Waals surface area (Å²) in [5.41, 5.74) is 3.41. The lowest BCUT2D eigenvalue weighted by atomic mass is 10.3. The first-order valence-corrected chi connectivity index (χ1v) is 7.25. The van der Waals surface area contributed by atoms with Crippen molar-refractivity contribution in [2.24, 2.45) is 0 Å². The SMILES string of the molecule is Cc1cccn2cc(CN3CCN(CCO)CC3)nc12. The highest BCUT2D eigenvalue weighted by molar-refractivity contribution is 5.47. The third-order valence-corrected chi connectivity index (χ3v) is 3.99. The van der Waals surface area contributed by atoms with E-state index in [0.29, 0.717) is 0 Å². The molecular weight excluding hydrogens is 252 g/mol. The third kappa shape index (κ3) is 2.85. The van der Waals surface area contributed by atoms with E-state index in [1.807, 2.05) is 0 Å². The molecule has 1 N–H and O–H groups in total. The van der Waals surface area contributed by atoms with E-state index in [9.17, 15) is 0 Å². The summed E-state index contributed by atoms with van der Waals surface area (Å²) in [5.74, 6) is 0. The van der Waals surface area contributed by atoms with Gasteiger partial charge >= 0.3 is 0 Å². The molecule has 2 aromatic rings. The molecule has 0 spiro atoms. The number of aliphatic hydroxyl groups is 1. The standard InChI is InChI=1S/C15H22N4O/c1-13-3-2-4-19-12-14(16-15(13)19)11-18-7-5-17(6-8-18)9-10-20/h2-4,12,20H,5-11H2,1H3. The van der Waals surface area contributed by atoms with E-state index in [0.717, 1.165) is 50.6 Å². The molecule has 1 fully saturated rings. The Labute approximate surface area is 119 Å². The van der Waals surface area contributed by atoms with Crippen LogP contribution in [0.15, 0.2) is 24.5 Å². The van der Waals surface area contributed by atoms with Gasteiger partial charge in [-0.05, 0) is 18.6 Å². The Morgan fingerprint density at radius 3 is 2.65 bits per heavy atom. The number of β-amino-alcohol motifs (C(OH)–C–C–N with tert-alkyl or cyclic N) is 1. The fraction of sp³-hybridized carbons (Fsp3) is 0.533. The van der Waals surface area contributed by atoms with Gasteiger partial charge in [0.25, 0.3) is 0 Å². The molecule has 2 aromatic heterocycles. The topological polar surface area (TPSA) is 44.0 Å². The van der Waals surface area contributed by atoms with Crippen LogP contribution in [-0.4, -0.2) is 63.6 Å². The van der Waals surface area contributed by atoms with E-state index in [1.165, 1.54) is 5.56 Å². The Bertz CT molecular complexity index is 572. The van der Waals surface area contributed by atoms with Crippen LogP contribution in [0.1, 0.15) is 11.3 Å². The van der Waals surface area contributed by atoms with Crippen molar-refractivity contribution >= 4 is 5.65 Å². The van der Waals surface area contributed by atoms with E-state index in [2.05, 4.69) is 45.7 Å². The maximum atomic E-state index is 8.96. The summed E-state index contributed by atoms with van der Waals surface area (Å²) in [6, 6.07) is 4.15. The van der Waals surface area contributed by atoms with Crippen molar-refractivity contribution in [2.75, 3.05) is 39.3 Å². The molecule has 1 aliphatic heterocycles. The summed E-state index contributed by atoms with van der Waals surface area (Å²) >= 11 is 0. The minimum absolute atomic E-state index is 0.256. The van der Waals surface area contributed by atoms with Crippen LogP contribution < -0.4 is 0 Å². The van der Waals surface area contributed by atoms with Crippen molar-refractivity contribution in [1.29, 1.82) is 0 Å². The number of pyridine rings is 1. The average molecular weight is 274 g/mol. The van der Waals surface area contributed by atoms with E-state index >= 15 is 0 Å². The molecule has 108 valence electrons.